The van der Waals surface area contributed by atoms with E-state index in [1.165, 1.54) is 5.56 Å². The minimum Gasteiger partial charge on any atom is -0.496 e. The Morgan fingerprint density at radius 3 is 2.39 bits per heavy atom. The molecule has 1 aromatic carbocycles. The predicted octanol–water partition coefficient (Wildman–Crippen LogP) is 3.23. The molecule has 0 aliphatic heterocycles. The van der Waals surface area contributed by atoms with Crippen molar-refractivity contribution in [2.75, 3.05) is 26.2 Å². The lowest BCUT2D eigenvalue weighted by molar-refractivity contribution is 0.372. The maximum Gasteiger partial charge on any atom is 0.129 e. The molecule has 0 radical (unpaired) electrons. The van der Waals surface area contributed by atoms with Crippen molar-refractivity contribution in [2.45, 2.75) is 26.2 Å². The molecule has 0 spiro atoms. The molecule has 1 rings (SSSR count). The second kappa shape index (κ2) is 6.43. The first-order chi connectivity index (χ1) is 8.47. The van der Waals surface area contributed by atoms with Crippen LogP contribution in [-0.2, 0) is 5.41 Å². The molecule has 1 N–H and O–H groups in total. The van der Waals surface area contributed by atoms with Gasteiger partial charge in [0.25, 0.3) is 0 Å². The molecule has 0 saturated carbocycles. The van der Waals surface area contributed by atoms with Crippen LogP contribution in [-0.4, -0.2) is 26.2 Å². The summed E-state index contributed by atoms with van der Waals surface area (Å²) < 4.78 is 10.9. The number of hydrogen-bond donors (Lipinski definition) is 1. The average Bonchev–Trinajstić information content (AvgIpc) is 2.36. The van der Waals surface area contributed by atoms with Crippen molar-refractivity contribution in [2.24, 2.45) is 0 Å². The van der Waals surface area contributed by atoms with Crippen LogP contribution in [0.25, 0.3) is 0 Å². The summed E-state index contributed by atoms with van der Waals surface area (Å²) in [4.78, 5) is 0. The van der Waals surface area contributed by atoms with Gasteiger partial charge in [-0.2, -0.15) is 0 Å². The molecule has 0 aliphatic carbocycles. The summed E-state index contributed by atoms with van der Waals surface area (Å²) in [5, 5.41) is 3.32. The monoisotopic (exact) mass is 315 g/mol. The third-order valence-electron chi connectivity index (χ3n) is 3.17. The molecule has 0 saturated heterocycles. The number of nitrogens with one attached hydrogen (secondary N) is 1. The Balaban J connectivity index is 3.19. The maximum absolute atomic E-state index is 5.57. The fourth-order valence-corrected chi connectivity index (χ4v) is 2.34. The van der Waals surface area contributed by atoms with E-state index in [0.717, 1.165) is 29.1 Å². The Labute approximate surface area is 118 Å². The van der Waals surface area contributed by atoms with Crippen molar-refractivity contribution in [3.8, 4) is 11.5 Å². The molecular formula is C14H22BrNO2. The van der Waals surface area contributed by atoms with Crippen LogP contribution in [0, 0.1) is 6.92 Å². The molecule has 0 aromatic heterocycles. The summed E-state index contributed by atoms with van der Waals surface area (Å²) in [6.07, 6.45) is 0. The van der Waals surface area contributed by atoms with E-state index >= 15 is 0 Å². The highest BCUT2D eigenvalue weighted by atomic mass is 79.9. The highest BCUT2D eigenvalue weighted by Crippen LogP contribution is 2.37. The molecular weight excluding hydrogens is 294 g/mol. The number of alkyl halides is 1. The smallest absolute Gasteiger partial charge is 0.129 e. The molecule has 102 valence electrons. The van der Waals surface area contributed by atoms with E-state index in [-0.39, 0.29) is 5.41 Å². The molecule has 0 heterocycles. The number of benzene rings is 1. The van der Waals surface area contributed by atoms with Gasteiger partial charge in [-0.25, -0.2) is 0 Å². The van der Waals surface area contributed by atoms with Gasteiger partial charge in [0, 0.05) is 23.1 Å². The molecule has 0 amide bonds. The van der Waals surface area contributed by atoms with Gasteiger partial charge in [-0.15, -0.1) is 0 Å². The van der Waals surface area contributed by atoms with E-state index in [2.05, 4.69) is 41.2 Å². The minimum absolute atomic E-state index is 0.00382. The van der Waals surface area contributed by atoms with Gasteiger partial charge in [0.05, 0.1) is 19.7 Å². The number of ether oxygens (including phenoxy) is 2. The maximum atomic E-state index is 5.57. The van der Waals surface area contributed by atoms with Crippen molar-refractivity contribution in [1.82, 2.24) is 5.32 Å². The Morgan fingerprint density at radius 1 is 1.22 bits per heavy atom. The standard InChI is InChI=1S/C14H22BrNO2/c1-10-12(17-4)7-6-11(13(10)18-5)14(2,3)8-16-9-15/h6-7,16H,8-9H2,1-5H3. The van der Waals surface area contributed by atoms with Gasteiger partial charge in [-0.1, -0.05) is 35.8 Å². The average molecular weight is 316 g/mol. The Morgan fingerprint density at radius 2 is 1.89 bits per heavy atom. The van der Waals surface area contributed by atoms with Gasteiger partial charge in [0.15, 0.2) is 0 Å². The Hall–Kier alpha value is -0.740. The predicted molar refractivity (Wildman–Crippen MR) is 79.1 cm³/mol. The largest absolute Gasteiger partial charge is 0.496 e. The zero-order chi connectivity index (χ0) is 13.8. The lowest BCUT2D eigenvalue weighted by atomic mass is 9.83. The molecule has 0 fully saturated rings. The van der Waals surface area contributed by atoms with E-state index in [1.54, 1.807) is 14.2 Å². The summed E-state index contributed by atoms with van der Waals surface area (Å²) >= 11 is 3.39. The summed E-state index contributed by atoms with van der Waals surface area (Å²) in [6.45, 7) is 7.30. The van der Waals surface area contributed by atoms with Gasteiger partial charge in [-0.3, -0.25) is 0 Å². The van der Waals surface area contributed by atoms with Crippen molar-refractivity contribution in [3.05, 3.63) is 23.3 Å². The summed E-state index contributed by atoms with van der Waals surface area (Å²) in [7, 11) is 3.39. The number of rotatable bonds is 6. The van der Waals surface area contributed by atoms with Gasteiger partial charge in [0.1, 0.15) is 11.5 Å². The van der Waals surface area contributed by atoms with Crippen LogP contribution in [0.5, 0.6) is 11.5 Å². The van der Waals surface area contributed by atoms with E-state index in [0.29, 0.717) is 0 Å². The van der Waals surface area contributed by atoms with Crippen LogP contribution < -0.4 is 14.8 Å². The van der Waals surface area contributed by atoms with E-state index < -0.39 is 0 Å². The molecule has 0 atom stereocenters. The van der Waals surface area contributed by atoms with Gasteiger partial charge >= 0.3 is 0 Å². The lowest BCUT2D eigenvalue weighted by Crippen LogP contribution is -2.32. The van der Waals surface area contributed by atoms with E-state index in [9.17, 15) is 0 Å². The van der Waals surface area contributed by atoms with Gasteiger partial charge in [0.2, 0.25) is 0 Å². The zero-order valence-corrected chi connectivity index (χ0v) is 13.3. The Kier molecular flexibility index (Phi) is 5.47. The van der Waals surface area contributed by atoms with Crippen LogP contribution in [0.4, 0.5) is 0 Å². The summed E-state index contributed by atoms with van der Waals surface area (Å²) in [5.41, 5.74) is 3.02. The van der Waals surface area contributed by atoms with Crippen molar-refractivity contribution in [1.29, 1.82) is 0 Å². The zero-order valence-electron chi connectivity index (χ0n) is 11.8. The molecule has 4 heteroatoms. The minimum atomic E-state index is -0.00382. The first-order valence-electron chi connectivity index (χ1n) is 5.96. The highest BCUT2D eigenvalue weighted by Gasteiger charge is 2.26. The third kappa shape index (κ3) is 3.18. The van der Waals surface area contributed by atoms with E-state index in [1.807, 2.05) is 13.0 Å². The molecule has 18 heavy (non-hydrogen) atoms. The first-order valence-corrected chi connectivity index (χ1v) is 7.08. The molecule has 1 aromatic rings. The quantitative estimate of drug-likeness (QED) is 0.646. The molecule has 0 unspecified atom stereocenters. The van der Waals surface area contributed by atoms with Crippen LogP contribution in [0.2, 0.25) is 0 Å². The fourth-order valence-electron chi connectivity index (χ4n) is 2.15. The lowest BCUT2D eigenvalue weighted by Gasteiger charge is -2.28. The molecule has 0 aliphatic rings. The second-order valence-electron chi connectivity index (χ2n) is 4.92. The van der Waals surface area contributed by atoms with Crippen LogP contribution >= 0.6 is 15.9 Å². The number of hydrogen-bond acceptors (Lipinski definition) is 3. The van der Waals surface area contributed by atoms with Crippen molar-refractivity contribution in [3.63, 3.8) is 0 Å². The van der Waals surface area contributed by atoms with Crippen molar-refractivity contribution >= 4 is 15.9 Å². The normalized spacial score (nSPS) is 11.4. The highest BCUT2D eigenvalue weighted by molar-refractivity contribution is 9.09. The van der Waals surface area contributed by atoms with Crippen LogP contribution in [0.3, 0.4) is 0 Å². The van der Waals surface area contributed by atoms with Crippen LogP contribution in [0.15, 0.2) is 12.1 Å². The second-order valence-corrected chi connectivity index (χ2v) is 5.48. The Bertz CT molecular complexity index is 405. The topological polar surface area (TPSA) is 30.5 Å². The first kappa shape index (κ1) is 15.3. The van der Waals surface area contributed by atoms with E-state index in [4.69, 9.17) is 9.47 Å². The molecule has 0 bridgehead atoms. The third-order valence-corrected chi connectivity index (χ3v) is 3.57. The fraction of sp³-hybridized carbons (Fsp3) is 0.571. The number of methoxy groups -OCH3 is 2. The summed E-state index contributed by atoms with van der Waals surface area (Å²) in [5.74, 6) is 1.77. The van der Waals surface area contributed by atoms with Crippen molar-refractivity contribution < 1.29 is 9.47 Å². The summed E-state index contributed by atoms with van der Waals surface area (Å²) in [6, 6.07) is 4.09. The number of halogens is 1. The van der Waals surface area contributed by atoms with Gasteiger partial charge in [-0.05, 0) is 13.0 Å². The van der Waals surface area contributed by atoms with Crippen LogP contribution in [0.1, 0.15) is 25.0 Å². The van der Waals surface area contributed by atoms with Gasteiger partial charge < -0.3 is 14.8 Å². The SMILES string of the molecule is COc1ccc(C(C)(C)CNCBr)c(OC)c1C. The molecule has 3 nitrogen and oxygen atoms in total.